The lowest BCUT2D eigenvalue weighted by molar-refractivity contribution is 0.0597. The molecule has 0 aliphatic carbocycles. The van der Waals surface area contributed by atoms with Crippen molar-refractivity contribution in [1.82, 2.24) is 15.5 Å². The highest BCUT2D eigenvalue weighted by Crippen LogP contribution is 2.20. The van der Waals surface area contributed by atoms with Gasteiger partial charge in [-0.2, -0.15) is 0 Å². The van der Waals surface area contributed by atoms with Crippen molar-refractivity contribution >= 4 is 35.9 Å². The Balaban J connectivity index is 0.00000784. The van der Waals surface area contributed by atoms with E-state index in [1.54, 1.807) is 19.2 Å². The molecule has 7 nitrogen and oxygen atoms in total. The highest BCUT2D eigenvalue weighted by Gasteiger charge is 2.14. The minimum absolute atomic E-state index is 0. The Labute approximate surface area is 192 Å². The normalized spacial score (nSPS) is 11.4. The minimum atomic E-state index is -0.416. The molecular formula is C21H37IN4O3. The Morgan fingerprint density at radius 1 is 1.14 bits per heavy atom. The van der Waals surface area contributed by atoms with E-state index in [2.05, 4.69) is 48.2 Å². The van der Waals surface area contributed by atoms with Crippen LogP contribution in [-0.2, 0) is 11.3 Å². The number of ether oxygens (including phenoxy) is 2. The molecule has 0 bridgehead atoms. The Morgan fingerprint density at radius 2 is 1.79 bits per heavy atom. The molecule has 166 valence electrons. The number of benzene rings is 1. The van der Waals surface area contributed by atoms with Crippen molar-refractivity contribution in [2.75, 3.05) is 34.4 Å². The quantitative estimate of drug-likeness (QED) is 0.162. The second-order valence-electron chi connectivity index (χ2n) is 7.16. The zero-order valence-corrected chi connectivity index (χ0v) is 21.1. The van der Waals surface area contributed by atoms with Gasteiger partial charge in [-0.1, -0.05) is 6.07 Å². The van der Waals surface area contributed by atoms with Crippen LogP contribution in [0.3, 0.4) is 0 Å². The SMILES string of the molecule is CN=C(NCCCN(C(C)C)C(C)C)NCc1ccc(OC)c(C(=O)OC)c1.I. The average molecular weight is 520 g/mol. The number of aliphatic imine (C=N–C) groups is 1. The zero-order chi connectivity index (χ0) is 21.1. The van der Waals surface area contributed by atoms with E-state index in [1.165, 1.54) is 14.2 Å². The molecule has 2 N–H and O–H groups in total. The molecule has 1 aromatic carbocycles. The maximum atomic E-state index is 11.9. The molecule has 0 atom stereocenters. The summed E-state index contributed by atoms with van der Waals surface area (Å²) in [6.07, 6.45) is 1.03. The van der Waals surface area contributed by atoms with E-state index in [0.717, 1.165) is 31.0 Å². The van der Waals surface area contributed by atoms with Crippen LogP contribution in [0.1, 0.15) is 50.0 Å². The predicted octanol–water partition coefficient (Wildman–Crippen LogP) is 3.27. The van der Waals surface area contributed by atoms with Crippen LogP contribution in [0, 0.1) is 0 Å². The number of esters is 1. The van der Waals surface area contributed by atoms with E-state index in [4.69, 9.17) is 9.47 Å². The van der Waals surface area contributed by atoms with Gasteiger partial charge in [0.1, 0.15) is 11.3 Å². The molecular weight excluding hydrogens is 483 g/mol. The maximum absolute atomic E-state index is 11.9. The van der Waals surface area contributed by atoms with Crippen LogP contribution in [0.25, 0.3) is 0 Å². The lowest BCUT2D eigenvalue weighted by atomic mass is 10.1. The first-order chi connectivity index (χ1) is 13.3. The molecule has 0 radical (unpaired) electrons. The summed E-state index contributed by atoms with van der Waals surface area (Å²) in [6, 6.07) is 6.53. The van der Waals surface area contributed by atoms with Crippen LogP contribution in [0.5, 0.6) is 5.75 Å². The van der Waals surface area contributed by atoms with Crippen molar-refractivity contribution in [3.05, 3.63) is 29.3 Å². The molecule has 0 heterocycles. The van der Waals surface area contributed by atoms with Crippen molar-refractivity contribution < 1.29 is 14.3 Å². The number of rotatable bonds is 10. The van der Waals surface area contributed by atoms with Crippen molar-refractivity contribution in [3.63, 3.8) is 0 Å². The van der Waals surface area contributed by atoms with Gasteiger partial charge in [0.15, 0.2) is 5.96 Å². The van der Waals surface area contributed by atoms with E-state index in [0.29, 0.717) is 29.9 Å². The van der Waals surface area contributed by atoms with Crippen LogP contribution in [-0.4, -0.2) is 63.3 Å². The molecule has 1 aromatic rings. The molecule has 0 spiro atoms. The van der Waals surface area contributed by atoms with Gasteiger partial charge in [-0.05, 0) is 51.8 Å². The van der Waals surface area contributed by atoms with Gasteiger partial charge in [0.25, 0.3) is 0 Å². The van der Waals surface area contributed by atoms with Gasteiger partial charge in [-0.3, -0.25) is 9.89 Å². The lowest BCUT2D eigenvalue weighted by Crippen LogP contribution is -2.41. The topological polar surface area (TPSA) is 75.2 Å². The minimum Gasteiger partial charge on any atom is -0.496 e. The Bertz CT molecular complexity index is 643. The number of carbonyl (C=O) groups excluding carboxylic acids is 1. The average Bonchev–Trinajstić information content (AvgIpc) is 2.68. The van der Waals surface area contributed by atoms with Gasteiger partial charge in [-0.15, -0.1) is 24.0 Å². The summed E-state index contributed by atoms with van der Waals surface area (Å²) in [7, 11) is 4.64. The fourth-order valence-corrected chi connectivity index (χ4v) is 3.12. The molecule has 1 rings (SSSR count). The van der Waals surface area contributed by atoms with Gasteiger partial charge in [0.2, 0.25) is 0 Å². The highest BCUT2D eigenvalue weighted by atomic mass is 127. The van der Waals surface area contributed by atoms with Gasteiger partial charge in [0, 0.05) is 38.8 Å². The van der Waals surface area contributed by atoms with E-state index < -0.39 is 5.97 Å². The fraction of sp³-hybridized carbons (Fsp3) is 0.619. The van der Waals surface area contributed by atoms with E-state index in [-0.39, 0.29) is 24.0 Å². The van der Waals surface area contributed by atoms with E-state index >= 15 is 0 Å². The number of guanidine groups is 1. The monoisotopic (exact) mass is 520 g/mol. The number of nitrogens with one attached hydrogen (secondary N) is 2. The van der Waals surface area contributed by atoms with E-state index in [9.17, 15) is 4.79 Å². The fourth-order valence-electron chi connectivity index (χ4n) is 3.12. The van der Waals surface area contributed by atoms with Gasteiger partial charge in [0.05, 0.1) is 14.2 Å². The largest absolute Gasteiger partial charge is 0.496 e. The first kappa shape index (κ1) is 27.5. The lowest BCUT2D eigenvalue weighted by Gasteiger charge is -2.30. The highest BCUT2D eigenvalue weighted by molar-refractivity contribution is 14.0. The number of hydrogen-bond donors (Lipinski definition) is 2. The molecule has 8 heteroatoms. The summed E-state index contributed by atoms with van der Waals surface area (Å²) < 4.78 is 10.0. The summed E-state index contributed by atoms with van der Waals surface area (Å²) in [4.78, 5) is 18.6. The molecule has 0 fully saturated rings. The Morgan fingerprint density at radius 3 is 2.31 bits per heavy atom. The van der Waals surface area contributed by atoms with Gasteiger partial charge in [-0.25, -0.2) is 4.79 Å². The zero-order valence-electron chi connectivity index (χ0n) is 18.7. The summed E-state index contributed by atoms with van der Waals surface area (Å²) in [5, 5.41) is 6.61. The number of methoxy groups -OCH3 is 2. The van der Waals surface area contributed by atoms with Crippen LogP contribution in [0.15, 0.2) is 23.2 Å². The molecule has 0 saturated heterocycles. The molecule has 0 aliphatic heterocycles. The van der Waals surface area contributed by atoms with Crippen molar-refractivity contribution in [1.29, 1.82) is 0 Å². The maximum Gasteiger partial charge on any atom is 0.341 e. The number of nitrogens with zero attached hydrogens (tertiary/aromatic N) is 2. The molecule has 0 aromatic heterocycles. The van der Waals surface area contributed by atoms with Crippen LogP contribution in [0.4, 0.5) is 0 Å². The van der Waals surface area contributed by atoms with Crippen LogP contribution >= 0.6 is 24.0 Å². The van der Waals surface area contributed by atoms with Gasteiger partial charge < -0.3 is 20.1 Å². The van der Waals surface area contributed by atoms with E-state index in [1.807, 2.05) is 6.07 Å². The molecule has 0 amide bonds. The first-order valence-corrected chi connectivity index (χ1v) is 9.79. The summed E-state index contributed by atoms with van der Waals surface area (Å²) in [6.45, 7) is 11.3. The Kier molecular flexibility index (Phi) is 13.7. The molecule has 29 heavy (non-hydrogen) atoms. The number of halogens is 1. The third-order valence-corrected chi connectivity index (χ3v) is 4.56. The van der Waals surface area contributed by atoms with Crippen molar-refractivity contribution in [2.45, 2.75) is 52.7 Å². The van der Waals surface area contributed by atoms with Crippen LogP contribution in [0.2, 0.25) is 0 Å². The summed E-state index contributed by atoms with van der Waals surface area (Å²) in [5.41, 5.74) is 1.35. The van der Waals surface area contributed by atoms with Gasteiger partial charge >= 0.3 is 5.97 Å². The second-order valence-corrected chi connectivity index (χ2v) is 7.16. The summed E-state index contributed by atoms with van der Waals surface area (Å²) in [5.74, 6) is 0.815. The molecule has 0 aliphatic rings. The third kappa shape index (κ3) is 9.20. The summed E-state index contributed by atoms with van der Waals surface area (Å²) >= 11 is 0. The predicted molar refractivity (Wildman–Crippen MR) is 130 cm³/mol. The van der Waals surface area contributed by atoms with Crippen molar-refractivity contribution in [3.8, 4) is 5.75 Å². The number of carbonyl (C=O) groups is 1. The number of hydrogen-bond acceptors (Lipinski definition) is 5. The smallest absolute Gasteiger partial charge is 0.341 e. The standard InChI is InChI=1S/C21H36N4O3.HI/c1-15(2)25(16(3)4)12-8-11-23-21(22-5)24-14-17-9-10-19(27-6)18(13-17)20(26)28-7;/h9-10,13,15-16H,8,11-12,14H2,1-7H3,(H2,22,23,24);1H. The third-order valence-electron chi connectivity index (χ3n) is 4.56. The first-order valence-electron chi connectivity index (χ1n) is 9.79. The molecule has 0 unspecified atom stereocenters. The van der Waals surface area contributed by atoms with Crippen molar-refractivity contribution in [2.24, 2.45) is 4.99 Å². The Hall–Kier alpha value is -1.55. The second kappa shape index (κ2) is 14.4. The van der Waals surface area contributed by atoms with Crippen LogP contribution < -0.4 is 15.4 Å². The molecule has 0 saturated carbocycles.